The van der Waals surface area contributed by atoms with E-state index >= 15 is 0 Å². The number of carboxylic acids is 1. The van der Waals surface area contributed by atoms with E-state index in [4.69, 9.17) is 5.11 Å². The average molecular weight is 225 g/mol. The Morgan fingerprint density at radius 1 is 1.27 bits per heavy atom. The van der Waals surface area contributed by atoms with Crippen LogP contribution in [0.5, 0.6) is 0 Å². The molecule has 0 unspecified atom stereocenters. The zero-order chi connectivity index (χ0) is 11.6. The van der Waals surface area contributed by atoms with Gasteiger partial charge in [0.2, 0.25) is 0 Å². The molecule has 0 aliphatic heterocycles. The minimum absolute atomic E-state index is 0.0666. The summed E-state index contributed by atoms with van der Waals surface area (Å²) in [6.45, 7) is 0. The van der Waals surface area contributed by atoms with Crippen molar-refractivity contribution < 1.29 is 27.9 Å². The van der Waals surface area contributed by atoms with Gasteiger partial charge in [-0.1, -0.05) is 0 Å². The van der Waals surface area contributed by atoms with Crippen LogP contribution in [0.2, 0.25) is 0 Å². The molecule has 1 rings (SSSR count). The SMILES string of the molecule is O=C(O)[C@H]1CC[C@@H](NC(=O)C(F)(F)F)C1. The lowest BCUT2D eigenvalue weighted by atomic mass is 10.1. The molecule has 86 valence electrons. The van der Waals surface area contributed by atoms with Crippen molar-refractivity contribution in [3.05, 3.63) is 0 Å². The molecule has 4 nitrogen and oxygen atoms in total. The van der Waals surface area contributed by atoms with Gasteiger partial charge < -0.3 is 10.4 Å². The number of hydrogen-bond donors (Lipinski definition) is 2. The van der Waals surface area contributed by atoms with Crippen LogP contribution in [0.15, 0.2) is 0 Å². The Hall–Kier alpha value is -1.27. The van der Waals surface area contributed by atoms with Gasteiger partial charge >= 0.3 is 18.1 Å². The molecule has 0 aromatic carbocycles. The van der Waals surface area contributed by atoms with Crippen molar-refractivity contribution in [2.45, 2.75) is 31.5 Å². The van der Waals surface area contributed by atoms with E-state index in [0.29, 0.717) is 6.42 Å². The lowest BCUT2D eigenvalue weighted by molar-refractivity contribution is -0.174. The number of alkyl halides is 3. The summed E-state index contributed by atoms with van der Waals surface area (Å²) in [6.07, 6.45) is -4.25. The molecule has 0 aromatic heterocycles. The number of rotatable bonds is 2. The monoisotopic (exact) mass is 225 g/mol. The molecule has 1 fully saturated rings. The van der Waals surface area contributed by atoms with Crippen molar-refractivity contribution in [1.29, 1.82) is 0 Å². The third-order valence-electron chi connectivity index (χ3n) is 2.37. The van der Waals surface area contributed by atoms with Crippen LogP contribution in [0, 0.1) is 5.92 Å². The summed E-state index contributed by atoms with van der Waals surface area (Å²) in [5.74, 6) is -3.68. The standard InChI is InChI=1S/C8H10F3NO3/c9-8(10,11)7(15)12-5-2-1-4(3-5)6(13)14/h4-5H,1-3H2,(H,12,15)(H,13,14)/t4-,5+/m0/s1. The van der Waals surface area contributed by atoms with E-state index in [1.54, 1.807) is 5.32 Å². The molecule has 2 atom stereocenters. The number of halogens is 3. The van der Waals surface area contributed by atoms with Gasteiger partial charge in [0, 0.05) is 6.04 Å². The molecule has 0 heterocycles. The first-order valence-corrected chi connectivity index (χ1v) is 4.41. The fourth-order valence-electron chi connectivity index (χ4n) is 1.60. The lowest BCUT2D eigenvalue weighted by Crippen LogP contribution is -2.42. The molecule has 0 radical (unpaired) electrons. The molecule has 2 N–H and O–H groups in total. The zero-order valence-electron chi connectivity index (χ0n) is 7.67. The molecule has 1 aliphatic carbocycles. The van der Waals surface area contributed by atoms with Crippen molar-refractivity contribution in [3.63, 3.8) is 0 Å². The number of carbonyl (C=O) groups is 2. The van der Waals surface area contributed by atoms with Crippen molar-refractivity contribution in [2.75, 3.05) is 0 Å². The predicted octanol–water partition coefficient (Wildman–Crippen LogP) is 0.918. The highest BCUT2D eigenvalue weighted by atomic mass is 19.4. The highest BCUT2D eigenvalue weighted by molar-refractivity contribution is 5.82. The third-order valence-corrected chi connectivity index (χ3v) is 2.37. The minimum atomic E-state index is -4.90. The third kappa shape index (κ3) is 3.10. The summed E-state index contributed by atoms with van der Waals surface area (Å²) in [5.41, 5.74) is 0. The van der Waals surface area contributed by atoms with E-state index in [1.165, 1.54) is 0 Å². The van der Waals surface area contributed by atoms with Gasteiger partial charge in [0.1, 0.15) is 0 Å². The van der Waals surface area contributed by atoms with E-state index in [1.807, 2.05) is 0 Å². The number of hydrogen-bond acceptors (Lipinski definition) is 2. The van der Waals surface area contributed by atoms with Crippen LogP contribution >= 0.6 is 0 Å². The van der Waals surface area contributed by atoms with Gasteiger partial charge in [0.15, 0.2) is 0 Å². The molecular formula is C8H10F3NO3. The summed E-state index contributed by atoms with van der Waals surface area (Å²) < 4.78 is 35.5. The molecule has 0 saturated heterocycles. The summed E-state index contributed by atoms with van der Waals surface area (Å²) in [4.78, 5) is 21.0. The van der Waals surface area contributed by atoms with Gasteiger partial charge in [0.05, 0.1) is 5.92 Å². The van der Waals surface area contributed by atoms with Crippen LogP contribution in [0.4, 0.5) is 13.2 Å². The Bertz CT molecular complexity index is 277. The Kier molecular flexibility index (Phi) is 3.21. The van der Waals surface area contributed by atoms with Crippen LogP contribution in [0.25, 0.3) is 0 Å². The van der Waals surface area contributed by atoms with E-state index in [-0.39, 0.29) is 12.8 Å². The lowest BCUT2D eigenvalue weighted by Gasteiger charge is -2.13. The Morgan fingerprint density at radius 3 is 2.27 bits per heavy atom. The van der Waals surface area contributed by atoms with Gasteiger partial charge in [-0.15, -0.1) is 0 Å². The van der Waals surface area contributed by atoms with E-state index in [0.717, 1.165) is 0 Å². The van der Waals surface area contributed by atoms with Crippen LogP contribution in [0.1, 0.15) is 19.3 Å². The van der Waals surface area contributed by atoms with Crippen molar-refractivity contribution in [3.8, 4) is 0 Å². The highest BCUT2D eigenvalue weighted by Crippen LogP contribution is 2.26. The van der Waals surface area contributed by atoms with Gasteiger partial charge in [0.25, 0.3) is 0 Å². The van der Waals surface area contributed by atoms with Crippen LogP contribution in [-0.4, -0.2) is 29.2 Å². The summed E-state index contributed by atoms with van der Waals surface area (Å²) in [7, 11) is 0. The van der Waals surface area contributed by atoms with E-state index in [2.05, 4.69) is 0 Å². The minimum Gasteiger partial charge on any atom is -0.481 e. The molecule has 1 saturated carbocycles. The maximum atomic E-state index is 11.8. The van der Waals surface area contributed by atoms with Gasteiger partial charge in [-0.3, -0.25) is 9.59 Å². The maximum Gasteiger partial charge on any atom is 0.471 e. The average Bonchev–Trinajstić information content (AvgIpc) is 2.50. The number of aliphatic carboxylic acids is 1. The van der Waals surface area contributed by atoms with Gasteiger partial charge in [-0.05, 0) is 19.3 Å². The molecule has 0 bridgehead atoms. The summed E-state index contributed by atoms with van der Waals surface area (Å²) in [6, 6.07) is -0.680. The predicted molar refractivity (Wildman–Crippen MR) is 43.0 cm³/mol. The topological polar surface area (TPSA) is 66.4 Å². The van der Waals surface area contributed by atoms with Crippen LogP contribution in [0.3, 0.4) is 0 Å². The maximum absolute atomic E-state index is 11.8. The molecule has 0 spiro atoms. The summed E-state index contributed by atoms with van der Waals surface area (Å²) in [5, 5.41) is 10.4. The zero-order valence-corrected chi connectivity index (χ0v) is 7.67. The number of carbonyl (C=O) groups excluding carboxylic acids is 1. The molecule has 15 heavy (non-hydrogen) atoms. The number of carboxylic acid groups (broad SMARTS) is 1. The molecule has 1 aliphatic rings. The van der Waals surface area contributed by atoms with E-state index in [9.17, 15) is 22.8 Å². The van der Waals surface area contributed by atoms with Crippen molar-refractivity contribution >= 4 is 11.9 Å². The Labute approximate surface area is 83.5 Å². The van der Waals surface area contributed by atoms with Crippen molar-refractivity contribution in [2.24, 2.45) is 5.92 Å². The summed E-state index contributed by atoms with van der Waals surface area (Å²) >= 11 is 0. The van der Waals surface area contributed by atoms with Gasteiger partial charge in [-0.25, -0.2) is 0 Å². The number of nitrogens with one attached hydrogen (secondary N) is 1. The molecule has 0 aromatic rings. The first-order chi connectivity index (χ1) is 6.80. The number of amides is 1. The highest BCUT2D eigenvalue weighted by Gasteiger charge is 2.41. The van der Waals surface area contributed by atoms with Crippen molar-refractivity contribution in [1.82, 2.24) is 5.32 Å². The second kappa shape index (κ2) is 4.08. The Balaban J connectivity index is 2.43. The second-order valence-corrected chi connectivity index (χ2v) is 3.52. The fourth-order valence-corrected chi connectivity index (χ4v) is 1.60. The molecular weight excluding hydrogens is 215 g/mol. The van der Waals surface area contributed by atoms with Crippen LogP contribution in [-0.2, 0) is 9.59 Å². The molecule has 1 amide bonds. The largest absolute Gasteiger partial charge is 0.481 e. The second-order valence-electron chi connectivity index (χ2n) is 3.52. The Morgan fingerprint density at radius 2 is 1.87 bits per heavy atom. The quantitative estimate of drug-likeness (QED) is 0.734. The van der Waals surface area contributed by atoms with E-state index < -0.39 is 30.0 Å². The molecule has 7 heteroatoms. The first kappa shape index (κ1) is 11.8. The first-order valence-electron chi connectivity index (χ1n) is 4.41. The normalized spacial score (nSPS) is 26.3. The smallest absolute Gasteiger partial charge is 0.471 e. The fraction of sp³-hybridized carbons (Fsp3) is 0.750. The van der Waals surface area contributed by atoms with Crippen LogP contribution < -0.4 is 5.32 Å². The van der Waals surface area contributed by atoms with Gasteiger partial charge in [-0.2, -0.15) is 13.2 Å².